The van der Waals surface area contributed by atoms with Crippen molar-refractivity contribution in [3.05, 3.63) is 24.3 Å². The molecule has 0 radical (unpaired) electrons. The van der Waals surface area contributed by atoms with Crippen LogP contribution in [0.3, 0.4) is 0 Å². The highest BCUT2D eigenvalue weighted by Crippen LogP contribution is 2.45. The molecule has 0 amide bonds. The van der Waals surface area contributed by atoms with Gasteiger partial charge < -0.3 is 4.74 Å². The molecule has 2 nitrogen and oxygen atoms in total. The van der Waals surface area contributed by atoms with Crippen molar-refractivity contribution in [1.82, 2.24) is 5.09 Å². The first kappa shape index (κ1) is 13.0. The van der Waals surface area contributed by atoms with Gasteiger partial charge in [0.2, 0.25) is 0 Å². The van der Waals surface area contributed by atoms with Crippen molar-refractivity contribution in [3.8, 4) is 5.75 Å². The number of hydrogen-bond acceptors (Lipinski definition) is 2. The van der Waals surface area contributed by atoms with Gasteiger partial charge in [-0.05, 0) is 38.1 Å². The highest BCUT2D eigenvalue weighted by molar-refractivity contribution is 8.65. The summed E-state index contributed by atoms with van der Waals surface area (Å²) in [5.41, 5.74) is 0. The molecule has 0 saturated heterocycles. The van der Waals surface area contributed by atoms with E-state index in [1.54, 1.807) is 7.11 Å². The van der Waals surface area contributed by atoms with Crippen LogP contribution in [0.25, 0.3) is 0 Å². The molecule has 1 N–H and O–H groups in total. The van der Waals surface area contributed by atoms with E-state index in [1.807, 2.05) is 24.3 Å². The van der Waals surface area contributed by atoms with Crippen molar-refractivity contribution in [2.75, 3.05) is 7.11 Å². The Morgan fingerprint density at radius 1 is 1.33 bits per heavy atom. The second-order valence-corrected chi connectivity index (χ2v) is 9.74. The fourth-order valence-corrected chi connectivity index (χ4v) is 4.70. The van der Waals surface area contributed by atoms with Crippen LogP contribution in [0.4, 0.5) is 0 Å². The smallest absolute Gasteiger partial charge is 0.118 e. The molecule has 5 heteroatoms. The Labute approximate surface area is 102 Å². The Bertz CT molecular complexity index is 364. The molecule has 1 aromatic rings. The third-order valence-electron chi connectivity index (χ3n) is 1.86. The second-order valence-electron chi connectivity index (χ2n) is 3.56. The van der Waals surface area contributed by atoms with Crippen LogP contribution in [0.1, 0.15) is 13.8 Å². The fraction of sp³-hybridized carbons (Fsp3) is 0.400. The second kappa shape index (κ2) is 5.35. The summed E-state index contributed by atoms with van der Waals surface area (Å²) in [7, 11) is 1.65. The van der Waals surface area contributed by atoms with Crippen molar-refractivity contribution in [3.63, 3.8) is 0 Å². The van der Waals surface area contributed by atoms with Crippen molar-refractivity contribution >= 4 is 34.8 Å². The maximum absolute atomic E-state index is 5.49. The molecule has 1 unspecified atom stereocenters. The summed E-state index contributed by atoms with van der Waals surface area (Å²) >= 11 is 10.0. The van der Waals surface area contributed by atoms with Gasteiger partial charge in [-0.25, -0.2) is 0 Å². The zero-order valence-corrected chi connectivity index (χ0v) is 11.7. The minimum absolute atomic E-state index is 0.343. The van der Waals surface area contributed by atoms with Gasteiger partial charge in [0.1, 0.15) is 5.75 Å². The van der Waals surface area contributed by atoms with Crippen LogP contribution in [0.2, 0.25) is 0 Å². The molecule has 15 heavy (non-hydrogen) atoms. The highest BCUT2D eigenvalue weighted by Gasteiger charge is 2.15. The Balaban J connectivity index is 2.90. The Morgan fingerprint density at radius 3 is 2.27 bits per heavy atom. The van der Waals surface area contributed by atoms with Gasteiger partial charge in [0, 0.05) is 11.3 Å². The normalized spacial score (nSPS) is 15.0. The van der Waals surface area contributed by atoms with Crippen LogP contribution in [0.15, 0.2) is 24.3 Å². The lowest BCUT2D eigenvalue weighted by atomic mass is 10.3. The van der Waals surface area contributed by atoms with Crippen LogP contribution in [-0.4, -0.2) is 13.2 Å². The molecule has 1 aromatic carbocycles. The number of rotatable bonds is 4. The van der Waals surface area contributed by atoms with E-state index < -0.39 is 5.39 Å². The first-order valence-electron chi connectivity index (χ1n) is 4.71. The van der Waals surface area contributed by atoms with Gasteiger partial charge in [0.05, 0.1) is 12.5 Å². The van der Waals surface area contributed by atoms with Crippen molar-refractivity contribution < 1.29 is 4.74 Å². The van der Waals surface area contributed by atoms with Gasteiger partial charge in [0.15, 0.2) is 0 Å². The van der Waals surface area contributed by atoms with Gasteiger partial charge in [-0.2, -0.15) is 0 Å². The maximum Gasteiger partial charge on any atom is 0.118 e. The average molecular weight is 261 g/mol. The molecule has 0 heterocycles. The Kier molecular flexibility index (Phi) is 4.65. The van der Waals surface area contributed by atoms with Gasteiger partial charge in [-0.15, -0.1) is 12.2 Å². The average Bonchev–Trinajstić information content (AvgIpc) is 2.16. The molecule has 0 aromatic heterocycles. The molecule has 84 valence electrons. The van der Waals surface area contributed by atoms with Gasteiger partial charge in [-0.1, -0.05) is 11.8 Å². The SMILES string of the molecule is COc1ccc(P(=S)(S)NC(C)C)cc1. The van der Waals surface area contributed by atoms with E-state index in [0.717, 1.165) is 11.1 Å². The molecule has 0 aliphatic carbocycles. The maximum atomic E-state index is 5.49. The first-order chi connectivity index (χ1) is 6.95. The standard InChI is InChI=1S/C10H16NOPS2/c1-8(2)11-13(14,15)10-6-4-9(12-3)5-7-10/h4-8H,1-3H3,(H2,11,14,15). The predicted molar refractivity (Wildman–Crippen MR) is 74.2 cm³/mol. The monoisotopic (exact) mass is 261 g/mol. The lowest BCUT2D eigenvalue weighted by molar-refractivity contribution is 0.415. The third-order valence-corrected chi connectivity index (χ3v) is 5.71. The number of thiol groups is 1. The van der Waals surface area contributed by atoms with Gasteiger partial charge in [0.25, 0.3) is 0 Å². The van der Waals surface area contributed by atoms with E-state index in [2.05, 4.69) is 31.2 Å². The summed E-state index contributed by atoms with van der Waals surface area (Å²) < 4.78 is 5.10. The lowest BCUT2D eigenvalue weighted by Gasteiger charge is -2.20. The zero-order chi connectivity index (χ0) is 11.5. The molecule has 1 rings (SSSR count). The number of nitrogens with one attached hydrogen (secondary N) is 1. The van der Waals surface area contributed by atoms with E-state index in [4.69, 9.17) is 16.5 Å². The van der Waals surface area contributed by atoms with E-state index in [9.17, 15) is 0 Å². The van der Waals surface area contributed by atoms with E-state index in [1.165, 1.54) is 0 Å². The van der Waals surface area contributed by atoms with Crippen LogP contribution < -0.4 is 15.1 Å². The molecule has 0 aliphatic rings. The van der Waals surface area contributed by atoms with Crippen LogP contribution in [-0.2, 0) is 11.8 Å². The Hall–Kier alpha value is -0.0200. The third kappa shape index (κ3) is 3.80. The Morgan fingerprint density at radius 2 is 1.87 bits per heavy atom. The lowest BCUT2D eigenvalue weighted by Crippen LogP contribution is -2.22. The fourth-order valence-electron chi connectivity index (χ4n) is 1.21. The van der Waals surface area contributed by atoms with Crippen LogP contribution >= 0.6 is 17.6 Å². The van der Waals surface area contributed by atoms with Crippen LogP contribution in [0, 0.1) is 0 Å². The topological polar surface area (TPSA) is 21.3 Å². The van der Waals surface area contributed by atoms with Crippen LogP contribution in [0.5, 0.6) is 5.75 Å². The summed E-state index contributed by atoms with van der Waals surface area (Å²) in [5, 5.41) is 2.48. The minimum Gasteiger partial charge on any atom is -0.497 e. The molecule has 0 saturated carbocycles. The van der Waals surface area contributed by atoms with Crippen molar-refractivity contribution in [2.45, 2.75) is 19.9 Å². The summed E-state index contributed by atoms with van der Waals surface area (Å²) in [6.07, 6.45) is 0. The zero-order valence-electron chi connectivity index (χ0n) is 9.10. The first-order valence-corrected chi connectivity index (χ1v) is 8.66. The summed E-state index contributed by atoms with van der Waals surface area (Å²) in [6, 6.07) is 8.11. The molecular weight excluding hydrogens is 245 g/mol. The molecule has 0 bridgehead atoms. The number of methoxy groups -OCH3 is 1. The molecule has 0 spiro atoms. The van der Waals surface area contributed by atoms with Gasteiger partial charge in [-0.3, -0.25) is 5.09 Å². The summed E-state index contributed by atoms with van der Waals surface area (Å²) in [6.45, 7) is 4.14. The number of benzene rings is 1. The van der Waals surface area contributed by atoms with Crippen molar-refractivity contribution in [1.29, 1.82) is 0 Å². The minimum atomic E-state index is -1.91. The summed E-state index contributed by atoms with van der Waals surface area (Å²) in [4.78, 5) is 0. The van der Waals surface area contributed by atoms with E-state index in [0.29, 0.717) is 6.04 Å². The van der Waals surface area contributed by atoms with Crippen molar-refractivity contribution in [2.24, 2.45) is 0 Å². The number of ether oxygens (including phenoxy) is 1. The number of hydrogen-bond donors (Lipinski definition) is 2. The quantitative estimate of drug-likeness (QED) is 0.642. The largest absolute Gasteiger partial charge is 0.497 e. The summed E-state index contributed by atoms with van der Waals surface area (Å²) in [5.74, 6) is 0.839. The highest BCUT2D eigenvalue weighted by atomic mass is 32.9. The molecule has 0 fully saturated rings. The molecule has 0 aliphatic heterocycles. The molecule has 1 atom stereocenters. The van der Waals surface area contributed by atoms with Gasteiger partial charge >= 0.3 is 0 Å². The van der Waals surface area contributed by atoms with E-state index >= 15 is 0 Å². The molecular formula is C10H16NOPS2. The van der Waals surface area contributed by atoms with E-state index in [-0.39, 0.29) is 0 Å². The predicted octanol–water partition coefficient (Wildman–Crippen LogP) is 2.56.